The highest BCUT2D eigenvalue weighted by Gasteiger charge is 2.15. The van der Waals surface area contributed by atoms with Crippen molar-refractivity contribution in [1.29, 1.82) is 0 Å². The summed E-state index contributed by atoms with van der Waals surface area (Å²) in [6.45, 7) is 1.60. The minimum absolute atomic E-state index is 0.0607. The molecule has 0 fully saturated rings. The lowest BCUT2D eigenvalue weighted by atomic mass is 10.2. The standard InChI is InChI=1S/C15H15NO5S2/c1-2-16-23(19,20)12-7-5-11(6-8-12)15(18)21-10-13(17)14-4-3-9-22-14/h3-9,16H,2,10H2,1H3. The lowest BCUT2D eigenvalue weighted by Crippen LogP contribution is -2.23. The number of Topliss-reactive ketones (excluding diaryl/α,β-unsaturated/α-hetero) is 1. The summed E-state index contributed by atoms with van der Waals surface area (Å²) in [4.78, 5) is 24.2. The highest BCUT2D eigenvalue weighted by Crippen LogP contribution is 2.13. The van der Waals surface area contributed by atoms with Gasteiger partial charge >= 0.3 is 5.97 Å². The highest BCUT2D eigenvalue weighted by molar-refractivity contribution is 7.89. The van der Waals surface area contributed by atoms with Crippen LogP contribution in [0.2, 0.25) is 0 Å². The van der Waals surface area contributed by atoms with Crippen LogP contribution in [0.3, 0.4) is 0 Å². The molecule has 0 aliphatic heterocycles. The fourth-order valence-corrected chi connectivity index (χ4v) is 3.46. The molecule has 1 aromatic heterocycles. The summed E-state index contributed by atoms with van der Waals surface area (Å²) in [5.74, 6) is -0.956. The number of carbonyl (C=O) groups is 2. The molecule has 122 valence electrons. The Labute approximate surface area is 138 Å². The number of ketones is 1. The fraction of sp³-hybridized carbons (Fsp3) is 0.200. The first-order chi connectivity index (χ1) is 10.9. The van der Waals surface area contributed by atoms with Crippen LogP contribution in [0.15, 0.2) is 46.7 Å². The summed E-state index contributed by atoms with van der Waals surface area (Å²) in [6, 6.07) is 8.72. The Morgan fingerprint density at radius 2 is 1.87 bits per heavy atom. The number of carbonyl (C=O) groups excluding carboxylic acids is 2. The van der Waals surface area contributed by atoms with E-state index in [0.717, 1.165) is 0 Å². The molecule has 2 aromatic rings. The SMILES string of the molecule is CCNS(=O)(=O)c1ccc(C(=O)OCC(=O)c2cccs2)cc1. The third-order valence-electron chi connectivity index (χ3n) is 2.87. The van der Waals surface area contributed by atoms with Crippen LogP contribution in [0.4, 0.5) is 0 Å². The van der Waals surface area contributed by atoms with Gasteiger partial charge in [-0.1, -0.05) is 13.0 Å². The summed E-state index contributed by atoms with van der Waals surface area (Å²) in [5.41, 5.74) is 0.180. The van der Waals surface area contributed by atoms with Gasteiger partial charge < -0.3 is 4.74 Å². The molecule has 0 radical (unpaired) electrons. The molecule has 1 aromatic carbocycles. The maximum atomic E-state index is 11.9. The predicted molar refractivity (Wildman–Crippen MR) is 86.2 cm³/mol. The van der Waals surface area contributed by atoms with Crippen molar-refractivity contribution >= 4 is 33.1 Å². The van der Waals surface area contributed by atoms with Gasteiger partial charge in [0.15, 0.2) is 6.61 Å². The number of nitrogens with one attached hydrogen (secondary N) is 1. The summed E-state index contributed by atoms with van der Waals surface area (Å²) in [6.07, 6.45) is 0. The van der Waals surface area contributed by atoms with Gasteiger partial charge in [0.05, 0.1) is 15.3 Å². The van der Waals surface area contributed by atoms with Gasteiger partial charge in [-0.15, -0.1) is 11.3 Å². The number of benzene rings is 1. The second kappa shape index (κ2) is 7.49. The summed E-state index contributed by atoms with van der Waals surface area (Å²) < 4.78 is 30.9. The van der Waals surface area contributed by atoms with Crippen molar-refractivity contribution < 1.29 is 22.7 Å². The average Bonchev–Trinajstić information content (AvgIpc) is 3.07. The minimum Gasteiger partial charge on any atom is -0.454 e. The predicted octanol–water partition coefficient (Wildman–Crippen LogP) is 2.09. The van der Waals surface area contributed by atoms with E-state index in [1.807, 2.05) is 0 Å². The molecule has 0 spiro atoms. The van der Waals surface area contributed by atoms with E-state index < -0.39 is 16.0 Å². The summed E-state index contributed by atoms with van der Waals surface area (Å²) in [7, 11) is -3.56. The molecule has 0 atom stereocenters. The van der Waals surface area contributed by atoms with Crippen LogP contribution in [0.25, 0.3) is 0 Å². The van der Waals surface area contributed by atoms with Crippen molar-refractivity contribution in [2.45, 2.75) is 11.8 Å². The van der Waals surface area contributed by atoms with E-state index >= 15 is 0 Å². The number of rotatable bonds is 7. The normalized spacial score (nSPS) is 11.2. The first kappa shape index (κ1) is 17.3. The fourth-order valence-electron chi connectivity index (χ4n) is 1.77. The van der Waals surface area contributed by atoms with Crippen molar-refractivity contribution in [3.8, 4) is 0 Å². The smallest absolute Gasteiger partial charge is 0.338 e. The molecular formula is C15H15NO5S2. The summed E-state index contributed by atoms with van der Waals surface area (Å²) in [5, 5.41) is 1.76. The molecule has 23 heavy (non-hydrogen) atoms. The molecule has 0 amide bonds. The molecule has 0 bridgehead atoms. The zero-order valence-corrected chi connectivity index (χ0v) is 13.9. The third-order valence-corrected chi connectivity index (χ3v) is 5.34. The highest BCUT2D eigenvalue weighted by atomic mass is 32.2. The van der Waals surface area contributed by atoms with E-state index in [2.05, 4.69) is 4.72 Å². The zero-order valence-electron chi connectivity index (χ0n) is 12.3. The largest absolute Gasteiger partial charge is 0.454 e. The first-order valence-electron chi connectivity index (χ1n) is 6.77. The first-order valence-corrected chi connectivity index (χ1v) is 9.14. The molecule has 0 unspecified atom stereocenters. The Bertz CT molecular complexity index is 780. The van der Waals surface area contributed by atoms with Crippen LogP contribution < -0.4 is 4.72 Å². The molecule has 6 nitrogen and oxygen atoms in total. The Hall–Kier alpha value is -2.03. The van der Waals surface area contributed by atoms with E-state index in [4.69, 9.17) is 4.74 Å². The van der Waals surface area contributed by atoms with Gasteiger partial charge in [-0.2, -0.15) is 0 Å². The Morgan fingerprint density at radius 3 is 2.43 bits per heavy atom. The number of sulfonamides is 1. The number of hydrogen-bond acceptors (Lipinski definition) is 6. The average molecular weight is 353 g/mol. The molecule has 8 heteroatoms. The van der Waals surface area contributed by atoms with E-state index in [-0.39, 0.29) is 29.4 Å². The number of hydrogen-bond donors (Lipinski definition) is 1. The maximum Gasteiger partial charge on any atom is 0.338 e. The molecule has 0 aliphatic carbocycles. The molecular weight excluding hydrogens is 338 g/mol. The van der Waals surface area contributed by atoms with Crippen LogP contribution in [0.5, 0.6) is 0 Å². The van der Waals surface area contributed by atoms with Gasteiger partial charge in [-0.05, 0) is 35.7 Å². The van der Waals surface area contributed by atoms with Gasteiger partial charge in [-0.25, -0.2) is 17.9 Å². The van der Waals surface area contributed by atoms with Crippen molar-refractivity contribution in [3.05, 3.63) is 52.2 Å². The van der Waals surface area contributed by atoms with Gasteiger partial charge in [-0.3, -0.25) is 4.79 Å². The maximum absolute atomic E-state index is 11.9. The number of thiophene rings is 1. The van der Waals surface area contributed by atoms with Crippen molar-refractivity contribution in [2.75, 3.05) is 13.2 Å². The quantitative estimate of drug-likeness (QED) is 0.608. The van der Waals surface area contributed by atoms with E-state index in [9.17, 15) is 18.0 Å². The van der Waals surface area contributed by atoms with Crippen LogP contribution in [-0.2, 0) is 14.8 Å². The van der Waals surface area contributed by atoms with Crippen molar-refractivity contribution in [2.24, 2.45) is 0 Å². The molecule has 1 heterocycles. The third kappa shape index (κ3) is 4.47. The van der Waals surface area contributed by atoms with E-state index in [1.54, 1.807) is 24.4 Å². The van der Waals surface area contributed by atoms with Crippen LogP contribution in [0.1, 0.15) is 27.0 Å². The minimum atomic E-state index is -3.56. The topological polar surface area (TPSA) is 89.5 Å². The van der Waals surface area contributed by atoms with Crippen LogP contribution >= 0.6 is 11.3 Å². The van der Waals surface area contributed by atoms with Crippen molar-refractivity contribution in [1.82, 2.24) is 4.72 Å². The second-order valence-corrected chi connectivity index (χ2v) is 7.22. The van der Waals surface area contributed by atoms with E-state index in [0.29, 0.717) is 4.88 Å². The van der Waals surface area contributed by atoms with Gasteiger partial charge in [0.2, 0.25) is 15.8 Å². The lowest BCUT2D eigenvalue weighted by molar-refractivity contribution is 0.0475. The van der Waals surface area contributed by atoms with E-state index in [1.165, 1.54) is 35.6 Å². The monoisotopic (exact) mass is 353 g/mol. The van der Waals surface area contributed by atoms with Gasteiger partial charge in [0.1, 0.15) is 0 Å². The molecule has 0 saturated carbocycles. The van der Waals surface area contributed by atoms with Crippen LogP contribution in [-0.4, -0.2) is 33.3 Å². The Morgan fingerprint density at radius 1 is 1.17 bits per heavy atom. The zero-order chi connectivity index (χ0) is 16.9. The number of esters is 1. The van der Waals surface area contributed by atoms with Crippen LogP contribution in [0, 0.1) is 0 Å². The molecule has 0 saturated heterocycles. The Balaban J connectivity index is 1.99. The number of ether oxygens (including phenoxy) is 1. The summed E-state index contributed by atoms with van der Waals surface area (Å²) >= 11 is 1.27. The second-order valence-electron chi connectivity index (χ2n) is 4.50. The molecule has 0 aliphatic rings. The lowest BCUT2D eigenvalue weighted by Gasteiger charge is -2.06. The van der Waals surface area contributed by atoms with Gasteiger partial charge in [0, 0.05) is 6.54 Å². The molecule has 2 rings (SSSR count). The molecule has 1 N–H and O–H groups in total. The van der Waals surface area contributed by atoms with Gasteiger partial charge in [0.25, 0.3) is 0 Å². The van der Waals surface area contributed by atoms with Crippen molar-refractivity contribution in [3.63, 3.8) is 0 Å². The Kier molecular flexibility index (Phi) is 5.64.